The Morgan fingerprint density at radius 1 is 1.45 bits per heavy atom. The third-order valence-corrected chi connectivity index (χ3v) is 2.99. The first-order chi connectivity index (χ1) is 9.32. The average Bonchev–Trinajstić information content (AvgIpc) is 2.35. The van der Waals surface area contributed by atoms with E-state index in [1.807, 2.05) is 13.8 Å². The minimum atomic E-state index is -0.613. The first kappa shape index (κ1) is 16.1. The highest BCUT2D eigenvalue weighted by Crippen LogP contribution is 2.20. The molecule has 0 aliphatic rings. The van der Waals surface area contributed by atoms with E-state index in [-0.39, 0.29) is 17.8 Å². The average molecular weight is 280 g/mol. The van der Waals surface area contributed by atoms with Crippen LogP contribution in [0.15, 0.2) is 18.2 Å². The van der Waals surface area contributed by atoms with Crippen LogP contribution in [0.3, 0.4) is 0 Å². The third kappa shape index (κ3) is 4.31. The van der Waals surface area contributed by atoms with Crippen LogP contribution in [-0.2, 0) is 0 Å². The molecule has 0 aliphatic carbocycles. The van der Waals surface area contributed by atoms with E-state index in [2.05, 4.69) is 5.32 Å². The van der Waals surface area contributed by atoms with E-state index in [0.717, 1.165) is 0 Å². The summed E-state index contributed by atoms with van der Waals surface area (Å²) < 4.78 is 0. The SMILES string of the molecule is Cc1c(C(=O)NCC(O)CC(C)C)cccc1[N+](=O)[O-]. The van der Waals surface area contributed by atoms with Gasteiger partial charge in [0.1, 0.15) is 0 Å². The topological polar surface area (TPSA) is 92.5 Å². The highest BCUT2D eigenvalue weighted by Gasteiger charge is 2.18. The molecule has 0 radical (unpaired) electrons. The van der Waals surface area contributed by atoms with Gasteiger partial charge in [-0.2, -0.15) is 0 Å². The number of nitrogens with one attached hydrogen (secondary N) is 1. The normalized spacial score (nSPS) is 12.2. The van der Waals surface area contributed by atoms with Crippen molar-refractivity contribution in [1.82, 2.24) is 5.32 Å². The summed E-state index contributed by atoms with van der Waals surface area (Å²) in [6.45, 7) is 5.64. The molecule has 1 unspecified atom stereocenters. The molecule has 0 aliphatic heterocycles. The smallest absolute Gasteiger partial charge is 0.273 e. The summed E-state index contributed by atoms with van der Waals surface area (Å²) in [5.74, 6) is -0.0737. The maximum absolute atomic E-state index is 12.0. The van der Waals surface area contributed by atoms with Gasteiger partial charge in [-0.3, -0.25) is 14.9 Å². The van der Waals surface area contributed by atoms with Gasteiger partial charge in [0.2, 0.25) is 0 Å². The molecule has 1 aromatic rings. The molecule has 0 fully saturated rings. The maximum atomic E-state index is 12.0. The van der Waals surface area contributed by atoms with E-state index < -0.39 is 16.9 Å². The van der Waals surface area contributed by atoms with Crippen molar-refractivity contribution in [3.8, 4) is 0 Å². The molecule has 0 saturated carbocycles. The maximum Gasteiger partial charge on any atom is 0.273 e. The van der Waals surface area contributed by atoms with E-state index in [9.17, 15) is 20.0 Å². The second kappa shape index (κ2) is 7.00. The van der Waals surface area contributed by atoms with Gasteiger partial charge in [-0.05, 0) is 25.3 Å². The summed E-state index contributed by atoms with van der Waals surface area (Å²) in [5, 5.41) is 23.1. The van der Waals surface area contributed by atoms with E-state index in [1.54, 1.807) is 0 Å². The Labute approximate surface area is 118 Å². The largest absolute Gasteiger partial charge is 0.391 e. The number of nitro groups is 1. The zero-order valence-corrected chi connectivity index (χ0v) is 11.9. The van der Waals surface area contributed by atoms with E-state index in [4.69, 9.17) is 0 Å². The van der Waals surface area contributed by atoms with Gasteiger partial charge in [-0.25, -0.2) is 0 Å². The first-order valence-electron chi connectivity index (χ1n) is 6.53. The van der Waals surface area contributed by atoms with Gasteiger partial charge in [-0.1, -0.05) is 19.9 Å². The van der Waals surface area contributed by atoms with Gasteiger partial charge in [-0.15, -0.1) is 0 Å². The molecular formula is C14H20N2O4. The summed E-state index contributed by atoms with van der Waals surface area (Å²) in [5.41, 5.74) is 0.504. The Bertz CT molecular complexity index is 500. The lowest BCUT2D eigenvalue weighted by Crippen LogP contribution is -2.33. The van der Waals surface area contributed by atoms with Crippen LogP contribution >= 0.6 is 0 Å². The number of carbonyl (C=O) groups is 1. The number of nitro benzene ring substituents is 1. The predicted octanol–water partition coefficient (Wildman–Crippen LogP) is 2.04. The lowest BCUT2D eigenvalue weighted by molar-refractivity contribution is -0.385. The van der Waals surface area contributed by atoms with E-state index in [1.165, 1.54) is 25.1 Å². The van der Waals surface area contributed by atoms with Gasteiger partial charge in [0.05, 0.1) is 11.0 Å². The summed E-state index contributed by atoms with van der Waals surface area (Å²) in [7, 11) is 0. The monoisotopic (exact) mass is 280 g/mol. The van der Waals surface area contributed by atoms with Crippen LogP contribution in [-0.4, -0.2) is 28.6 Å². The zero-order valence-electron chi connectivity index (χ0n) is 11.9. The quantitative estimate of drug-likeness (QED) is 0.616. The minimum Gasteiger partial charge on any atom is -0.391 e. The number of hydrogen-bond acceptors (Lipinski definition) is 4. The number of aliphatic hydroxyl groups excluding tert-OH is 1. The number of amides is 1. The van der Waals surface area contributed by atoms with Gasteiger partial charge in [0, 0.05) is 23.7 Å². The van der Waals surface area contributed by atoms with Crippen LogP contribution in [0.25, 0.3) is 0 Å². The molecule has 20 heavy (non-hydrogen) atoms. The van der Waals surface area contributed by atoms with Crippen molar-refractivity contribution in [3.63, 3.8) is 0 Å². The van der Waals surface area contributed by atoms with Crippen LogP contribution in [0.2, 0.25) is 0 Å². The molecule has 1 amide bonds. The third-order valence-electron chi connectivity index (χ3n) is 2.99. The van der Waals surface area contributed by atoms with Crippen molar-refractivity contribution in [2.75, 3.05) is 6.54 Å². The molecular weight excluding hydrogens is 260 g/mol. The van der Waals surface area contributed by atoms with Crippen molar-refractivity contribution in [2.45, 2.75) is 33.3 Å². The van der Waals surface area contributed by atoms with Gasteiger partial charge in [0.15, 0.2) is 0 Å². The number of hydrogen-bond donors (Lipinski definition) is 2. The van der Waals surface area contributed by atoms with Gasteiger partial charge < -0.3 is 10.4 Å². The second-order valence-corrected chi connectivity index (χ2v) is 5.20. The Morgan fingerprint density at radius 3 is 2.65 bits per heavy atom. The molecule has 0 bridgehead atoms. The van der Waals surface area contributed by atoms with E-state index in [0.29, 0.717) is 17.9 Å². The molecule has 110 valence electrons. The molecule has 6 heteroatoms. The van der Waals surface area contributed by atoms with Crippen LogP contribution in [0.4, 0.5) is 5.69 Å². The molecule has 0 aromatic heterocycles. The molecule has 1 atom stereocenters. The molecule has 1 aromatic carbocycles. The molecule has 2 N–H and O–H groups in total. The number of nitrogens with zero attached hydrogens (tertiary/aromatic N) is 1. The lowest BCUT2D eigenvalue weighted by atomic mass is 10.0. The number of aliphatic hydroxyl groups is 1. The van der Waals surface area contributed by atoms with Crippen LogP contribution in [0.5, 0.6) is 0 Å². The zero-order chi connectivity index (χ0) is 15.3. The fourth-order valence-corrected chi connectivity index (χ4v) is 2.00. The van der Waals surface area contributed by atoms with Crippen LogP contribution in [0.1, 0.15) is 36.2 Å². The molecule has 1 rings (SSSR count). The number of benzene rings is 1. The predicted molar refractivity (Wildman–Crippen MR) is 75.6 cm³/mol. The first-order valence-corrected chi connectivity index (χ1v) is 6.53. The summed E-state index contributed by atoms with van der Waals surface area (Å²) in [6, 6.07) is 4.37. The number of rotatable bonds is 6. The van der Waals surface area contributed by atoms with Gasteiger partial charge >= 0.3 is 0 Å². The fraction of sp³-hybridized carbons (Fsp3) is 0.500. The summed E-state index contributed by atoms with van der Waals surface area (Å²) in [6.07, 6.45) is -0.0215. The standard InChI is InChI=1S/C14H20N2O4/c1-9(2)7-11(17)8-15-14(18)12-5-4-6-13(10(12)3)16(19)20/h4-6,9,11,17H,7-8H2,1-3H3,(H,15,18). The molecule has 6 nitrogen and oxygen atoms in total. The van der Waals surface area contributed by atoms with Gasteiger partial charge in [0.25, 0.3) is 11.6 Å². The Balaban J connectivity index is 2.74. The Kier molecular flexibility index (Phi) is 5.64. The second-order valence-electron chi connectivity index (χ2n) is 5.20. The van der Waals surface area contributed by atoms with Crippen molar-refractivity contribution >= 4 is 11.6 Å². The minimum absolute atomic E-state index is 0.0830. The molecule has 0 saturated heterocycles. The van der Waals surface area contributed by atoms with Crippen LogP contribution in [0, 0.1) is 23.0 Å². The summed E-state index contributed by atoms with van der Waals surface area (Å²) in [4.78, 5) is 22.3. The van der Waals surface area contributed by atoms with Crippen molar-refractivity contribution < 1.29 is 14.8 Å². The summed E-state index contributed by atoms with van der Waals surface area (Å²) >= 11 is 0. The molecule has 0 spiro atoms. The highest BCUT2D eigenvalue weighted by atomic mass is 16.6. The lowest BCUT2D eigenvalue weighted by Gasteiger charge is -2.14. The van der Waals surface area contributed by atoms with Crippen molar-refractivity contribution in [1.29, 1.82) is 0 Å². The van der Waals surface area contributed by atoms with Crippen molar-refractivity contribution in [3.05, 3.63) is 39.4 Å². The Hall–Kier alpha value is -1.95. The Morgan fingerprint density at radius 2 is 2.10 bits per heavy atom. The molecule has 0 heterocycles. The van der Waals surface area contributed by atoms with E-state index >= 15 is 0 Å². The fourth-order valence-electron chi connectivity index (χ4n) is 2.00. The van der Waals surface area contributed by atoms with Crippen LogP contribution < -0.4 is 5.32 Å². The van der Waals surface area contributed by atoms with Crippen molar-refractivity contribution in [2.24, 2.45) is 5.92 Å². The number of carbonyl (C=O) groups excluding carboxylic acids is 1. The highest BCUT2D eigenvalue weighted by molar-refractivity contribution is 5.96.